The molecule has 31 heavy (non-hydrogen) atoms. The number of carboxylic acid groups (broad SMARTS) is 2. The van der Waals surface area contributed by atoms with E-state index in [9.17, 15) is 0 Å². The molecule has 3 N–H and O–H groups in total. The van der Waals surface area contributed by atoms with Gasteiger partial charge in [0.05, 0.1) is 13.2 Å². The Balaban J connectivity index is 0.000000501. The zero-order valence-corrected chi connectivity index (χ0v) is 17.5. The first kappa shape index (κ1) is 24.3. The average molecular weight is 431 g/mol. The summed E-state index contributed by atoms with van der Waals surface area (Å²) in [5, 5.41) is 18.3. The number of hydrogen-bond donors (Lipinski definition) is 3. The molecule has 2 aromatic rings. The van der Waals surface area contributed by atoms with Crippen LogP contribution in [0.3, 0.4) is 0 Å². The van der Waals surface area contributed by atoms with Crippen LogP contribution in [0.1, 0.15) is 17.5 Å². The summed E-state index contributed by atoms with van der Waals surface area (Å²) in [5.74, 6) is -2.72. The number of carboxylic acids is 2. The number of benzene rings is 2. The number of rotatable bonds is 9. The van der Waals surface area contributed by atoms with E-state index >= 15 is 0 Å². The second kappa shape index (κ2) is 14.1. The highest BCUT2D eigenvalue weighted by atomic mass is 16.5. The van der Waals surface area contributed by atoms with Crippen molar-refractivity contribution in [1.29, 1.82) is 0 Å². The van der Waals surface area contributed by atoms with Gasteiger partial charge < -0.3 is 25.0 Å². The average Bonchev–Trinajstić information content (AvgIpc) is 2.79. The Morgan fingerprint density at radius 2 is 1.65 bits per heavy atom. The van der Waals surface area contributed by atoms with E-state index in [2.05, 4.69) is 40.5 Å². The lowest BCUT2D eigenvalue weighted by molar-refractivity contribution is -0.159. The minimum absolute atomic E-state index is 0.608. The third kappa shape index (κ3) is 10.6. The number of ether oxygens (including phenoxy) is 2. The van der Waals surface area contributed by atoms with E-state index in [0.29, 0.717) is 6.61 Å². The van der Waals surface area contributed by atoms with Crippen molar-refractivity contribution in [2.24, 2.45) is 0 Å². The van der Waals surface area contributed by atoms with E-state index in [0.717, 1.165) is 51.7 Å². The Bertz CT molecular complexity index is 782. The van der Waals surface area contributed by atoms with E-state index in [1.54, 1.807) is 0 Å². The highest BCUT2D eigenvalue weighted by molar-refractivity contribution is 6.27. The van der Waals surface area contributed by atoms with Crippen LogP contribution in [0.15, 0.2) is 54.6 Å². The van der Waals surface area contributed by atoms with E-state index in [1.807, 2.05) is 24.3 Å². The van der Waals surface area contributed by atoms with Gasteiger partial charge in [0.15, 0.2) is 0 Å². The van der Waals surface area contributed by atoms with E-state index in [4.69, 9.17) is 29.3 Å². The molecule has 0 aliphatic carbocycles. The molecule has 1 saturated heterocycles. The predicted octanol–water partition coefficient (Wildman–Crippen LogP) is 2.23. The van der Waals surface area contributed by atoms with Crippen LogP contribution in [0, 0.1) is 0 Å². The molecule has 0 saturated carbocycles. The molecule has 0 spiro atoms. The molecule has 0 unspecified atom stereocenters. The first-order valence-electron chi connectivity index (χ1n) is 10.3. The van der Waals surface area contributed by atoms with Gasteiger partial charge in [0, 0.05) is 19.6 Å². The molecule has 8 heteroatoms. The molecule has 1 heterocycles. The fourth-order valence-electron chi connectivity index (χ4n) is 2.97. The zero-order chi connectivity index (χ0) is 22.3. The van der Waals surface area contributed by atoms with Gasteiger partial charge in [-0.1, -0.05) is 42.5 Å². The Morgan fingerprint density at radius 3 is 2.32 bits per heavy atom. The number of nitrogens with one attached hydrogen (secondary N) is 1. The summed E-state index contributed by atoms with van der Waals surface area (Å²) >= 11 is 0. The van der Waals surface area contributed by atoms with Crippen molar-refractivity contribution in [2.45, 2.75) is 19.6 Å². The monoisotopic (exact) mass is 430 g/mol. The highest BCUT2D eigenvalue weighted by Gasteiger charge is 2.09. The van der Waals surface area contributed by atoms with Crippen molar-refractivity contribution in [1.82, 2.24) is 10.2 Å². The van der Waals surface area contributed by atoms with Gasteiger partial charge in [-0.25, -0.2) is 9.59 Å². The minimum atomic E-state index is -1.82. The predicted molar refractivity (Wildman–Crippen MR) is 116 cm³/mol. The number of nitrogens with zero attached hydrogens (tertiary/aromatic N) is 1. The van der Waals surface area contributed by atoms with Crippen LogP contribution < -0.4 is 10.1 Å². The first-order chi connectivity index (χ1) is 15.0. The summed E-state index contributed by atoms with van der Waals surface area (Å²) in [4.78, 5) is 20.7. The molecule has 1 aliphatic rings. The van der Waals surface area contributed by atoms with Gasteiger partial charge in [-0.05, 0) is 42.8 Å². The topological polar surface area (TPSA) is 108 Å². The Morgan fingerprint density at radius 1 is 0.968 bits per heavy atom. The lowest BCUT2D eigenvalue weighted by Gasteiger charge is -2.26. The van der Waals surface area contributed by atoms with Gasteiger partial charge >= 0.3 is 11.9 Å². The van der Waals surface area contributed by atoms with Crippen LogP contribution in [0.25, 0.3) is 0 Å². The molecular weight excluding hydrogens is 400 g/mol. The largest absolute Gasteiger partial charge is 0.489 e. The van der Waals surface area contributed by atoms with Crippen molar-refractivity contribution >= 4 is 11.9 Å². The second-order valence-electron chi connectivity index (χ2n) is 7.02. The molecule has 0 atom stereocenters. The molecule has 0 bridgehead atoms. The molecule has 0 amide bonds. The molecule has 168 valence electrons. The molecule has 8 nitrogen and oxygen atoms in total. The number of morpholine rings is 1. The molecule has 3 rings (SSSR count). The maximum Gasteiger partial charge on any atom is 0.414 e. The van der Waals surface area contributed by atoms with E-state index in [-0.39, 0.29) is 0 Å². The van der Waals surface area contributed by atoms with Crippen LogP contribution in [0.5, 0.6) is 5.75 Å². The number of carbonyl (C=O) groups is 2. The lowest BCUT2D eigenvalue weighted by atomic mass is 10.2. The summed E-state index contributed by atoms with van der Waals surface area (Å²) < 4.78 is 11.3. The standard InChI is InChI=1S/C21H28N2O2.C2H2O4/c1-2-6-19(7-3-1)18-25-21-9-4-8-20(16-21)17-22-10-5-11-23-12-14-24-15-13-23;3-1(4)2(5)6/h1-4,6-9,16,22H,5,10-15,17-18H2;(H,3,4)(H,5,6). The highest BCUT2D eigenvalue weighted by Crippen LogP contribution is 2.15. The van der Waals surface area contributed by atoms with Gasteiger partial charge in [-0.15, -0.1) is 0 Å². The molecule has 0 aromatic heterocycles. The SMILES string of the molecule is O=C(O)C(=O)O.c1ccc(COc2cccc(CNCCCN3CCOCC3)c2)cc1. The van der Waals surface area contributed by atoms with Gasteiger partial charge in [0.2, 0.25) is 0 Å². The van der Waals surface area contributed by atoms with Gasteiger partial charge in [-0.2, -0.15) is 0 Å². The van der Waals surface area contributed by atoms with Crippen molar-refractivity contribution < 1.29 is 29.3 Å². The fourth-order valence-corrected chi connectivity index (χ4v) is 2.97. The third-order valence-electron chi connectivity index (χ3n) is 4.59. The van der Waals surface area contributed by atoms with E-state index < -0.39 is 11.9 Å². The van der Waals surface area contributed by atoms with Crippen molar-refractivity contribution in [3.05, 3.63) is 65.7 Å². The summed E-state index contributed by atoms with van der Waals surface area (Å²) in [6.07, 6.45) is 1.17. The summed E-state index contributed by atoms with van der Waals surface area (Å²) in [7, 11) is 0. The quantitative estimate of drug-likeness (QED) is 0.411. The van der Waals surface area contributed by atoms with Crippen LogP contribution in [0.4, 0.5) is 0 Å². The summed E-state index contributed by atoms with van der Waals surface area (Å²) in [6.45, 7) is 7.57. The van der Waals surface area contributed by atoms with Crippen molar-refractivity contribution in [2.75, 3.05) is 39.4 Å². The molecule has 1 fully saturated rings. The second-order valence-corrected chi connectivity index (χ2v) is 7.02. The maximum atomic E-state index is 9.10. The summed E-state index contributed by atoms with van der Waals surface area (Å²) in [5.41, 5.74) is 2.45. The summed E-state index contributed by atoms with van der Waals surface area (Å²) in [6, 6.07) is 18.6. The Kier molecular flexibility index (Phi) is 11.1. The van der Waals surface area contributed by atoms with Crippen molar-refractivity contribution in [3.63, 3.8) is 0 Å². The van der Waals surface area contributed by atoms with Crippen LogP contribution in [0.2, 0.25) is 0 Å². The smallest absolute Gasteiger partial charge is 0.414 e. The van der Waals surface area contributed by atoms with Gasteiger partial charge in [0.1, 0.15) is 12.4 Å². The van der Waals surface area contributed by atoms with Gasteiger partial charge in [-0.3, -0.25) is 4.90 Å². The lowest BCUT2D eigenvalue weighted by Crippen LogP contribution is -2.37. The zero-order valence-electron chi connectivity index (χ0n) is 17.5. The van der Waals surface area contributed by atoms with E-state index in [1.165, 1.54) is 17.5 Å². The van der Waals surface area contributed by atoms with Crippen LogP contribution >= 0.6 is 0 Å². The fraction of sp³-hybridized carbons (Fsp3) is 0.391. The number of aliphatic carboxylic acids is 2. The molecule has 2 aromatic carbocycles. The first-order valence-corrected chi connectivity index (χ1v) is 10.3. The molecule has 1 aliphatic heterocycles. The van der Waals surface area contributed by atoms with Crippen molar-refractivity contribution in [3.8, 4) is 5.75 Å². The maximum absolute atomic E-state index is 9.10. The van der Waals surface area contributed by atoms with Crippen LogP contribution in [-0.2, 0) is 27.5 Å². The van der Waals surface area contributed by atoms with Gasteiger partial charge in [0.25, 0.3) is 0 Å². The molecular formula is C23H30N2O6. The normalized spacial score (nSPS) is 13.7. The van der Waals surface area contributed by atoms with Crippen LogP contribution in [-0.4, -0.2) is 66.4 Å². The molecule has 0 radical (unpaired) electrons. The Labute approximate surface area is 182 Å². The minimum Gasteiger partial charge on any atom is -0.489 e. The number of hydrogen-bond acceptors (Lipinski definition) is 6. The Hall–Kier alpha value is -2.94. The third-order valence-corrected chi connectivity index (χ3v) is 4.59.